The molecule has 0 radical (unpaired) electrons. The molecule has 110 valence electrons. The van der Waals surface area contributed by atoms with Crippen molar-refractivity contribution in [2.24, 2.45) is 0 Å². The van der Waals surface area contributed by atoms with Crippen molar-refractivity contribution in [3.63, 3.8) is 0 Å². The third-order valence-electron chi connectivity index (χ3n) is 3.12. The van der Waals surface area contributed by atoms with Crippen LogP contribution < -0.4 is 5.32 Å². The molecule has 2 N–H and O–H groups in total. The predicted octanol–water partition coefficient (Wildman–Crippen LogP) is 3.04. The van der Waals surface area contributed by atoms with Crippen LogP contribution in [-0.4, -0.2) is 17.8 Å². The van der Waals surface area contributed by atoms with Crippen molar-refractivity contribution in [2.75, 3.05) is 6.61 Å². The molecule has 1 atom stereocenters. The maximum Gasteiger partial charge on any atom is 0.407 e. The molecule has 0 heterocycles. The highest BCUT2D eigenvalue weighted by atomic mass is 16.5. The summed E-state index contributed by atoms with van der Waals surface area (Å²) >= 11 is 0. The van der Waals surface area contributed by atoms with E-state index in [1.807, 2.05) is 60.7 Å². The van der Waals surface area contributed by atoms with Crippen molar-refractivity contribution in [1.29, 1.82) is 0 Å². The zero-order valence-corrected chi connectivity index (χ0v) is 11.7. The number of benzene rings is 2. The Morgan fingerprint density at radius 3 is 2.29 bits per heavy atom. The van der Waals surface area contributed by atoms with Crippen molar-refractivity contribution >= 4 is 6.09 Å². The summed E-state index contributed by atoms with van der Waals surface area (Å²) in [7, 11) is 0. The van der Waals surface area contributed by atoms with Gasteiger partial charge in [-0.15, -0.1) is 0 Å². The molecule has 21 heavy (non-hydrogen) atoms. The van der Waals surface area contributed by atoms with Gasteiger partial charge in [0.15, 0.2) is 0 Å². The summed E-state index contributed by atoms with van der Waals surface area (Å²) in [5.74, 6) is 0. The molecule has 0 saturated heterocycles. The highest BCUT2D eigenvalue weighted by Crippen LogP contribution is 2.16. The van der Waals surface area contributed by atoms with E-state index in [0.29, 0.717) is 6.42 Å². The zero-order chi connectivity index (χ0) is 14.9. The first kappa shape index (κ1) is 15.1. The van der Waals surface area contributed by atoms with Gasteiger partial charge in [0.1, 0.15) is 6.61 Å². The van der Waals surface area contributed by atoms with Crippen molar-refractivity contribution in [2.45, 2.75) is 19.1 Å². The van der Waals surface area contributed by atoms with Gasteiger partial charge in [-0.1, -0.05) is 60.7 Å². The molecular weight excluding hydrogens is 266 g/mol. The van der Waals surface area contributed by atoms with Gasteiger partial charge in [0, 0.05) is 6.61 Å². The van der Waals surface area contributed by atoms with Crippen LogP contribution >= 0.6 is 0 Å². The van der Waals surface area contributed by atoms with Gasteiger partial charge in [0.2, 0.25) is 0 Å². The molecule has 0 bridgehead atoms. The molecule has 2 aromatic carbocycles. The fourth-order valence-electron chi connectivity index (χ4n) is 2.04. The predicted molar refractivity (Wildman–Crippen MR) is 80.6 cm³/mol. The Morgan fingerprint density at radius 2 is 1.67 bits per heavy atom. The Bertz CT molecular complexity index is 542. The van der Waals surface area contributed by atoms with Gasteiger partial charge < -0.3 is 15.2 Å². The first-order chi connectivity index (χ1) is 10.3. The summed E-state index contributed by atoms with van der Waals surface area (Å²) < 4.78 is 5.19. The Morgan fingerprint density at radius 1 is 1.05 bits per heavy atom. The average molecular weight is 285 g/mol. The standard InChI is InChI=1S/C17H19NO3/c19-12-11-16(15-9-5-2-6-10-15)18-17(20)21-13-14-7-3-1-4-8-14/h1-10,16,19H,11-13H2,(H,18,20)/t16-/m0/s1. The zero-order valence-electron chi connectivity index (χ0n) is 11.7. The Labute approximate surface area is 124 Å². The average Bonchev–Trinajstić information content (AvgIpc) is 2.54. The van der Waals surface area contributed by atoms with Crippen LogP contribution in [0.3, 0.4) is 0 Å². The summed E-state index contributed by atoms with van der Waals surface area (Å²) in [5.41, 5.74) is 1.88. The number of carbonyl (C=O) groups is 1. The van der Waals surface area contributed by atoms with Crippen molar-refractivity contribution in [3.05, 3.63) is 71.8 Å². The molecule has 0 fully saturated rings. The fraction of sp³-hybridized carbons (Fsp3) is 0.235. The Hall–Kier alpha value is -2.33. The molecule has 4 heteroatoms. The van der Waals surface area contributed by atoms with Crippen LogP contribution in [0.4, 0.5) is 4.79 Å². The SMILES string of the molecule is O=C(N[C@@H](CCO)c1ccccc1)OCc1ccccc1. The van der Waals surface area contributed by atoms with Gasteiger partial charge in [-0.2, -0.15) is 0 Å². The lowest BCUT2D eigenvalue weighted by Gasteiger charge is -2.18. The minimum absolute atomic E-state index is 0.00146. The van der Waals surface area contributed by atoms with Gasteiger partial charge in [-0.05, 0) is 17.5 Å². The van der Waals surface area contributed by atoms with Gasteiger partial charge in [-0.3, -0.25) is 0 Å². The van der Waals surface area contributed by atoms with E-state index in [9.17, 15) is 4.79 Å². The van der Waals surface area contributed by atoms with Crippen LogP contribution in [0.2, 0.25) is 0 Å². The number of amides is 1. The molecule has 0 aliphatic carbocycles. The van der Waals surface area contributed by atoms with Crippen LogP contribution in [-0.2, 0) is 11.3 Å². The third kappa shape index (κ3) is 4.93. The molecule has 4 nitrogen and oxygen atoms in total. The monoisotopic (exact) mass is 285 g/mol. The first-order valence-electron chi connectivity index (χ1n) is 6.92. The number of hydrogen-bond acceptors (Lipinski definition) is 3. The summed E-state index contributed by atoms with van der Waals surface area (Å²) in [6.45, 7) is 0.228. The highest BCUT2D eigenvalue weighted by molar-refractivity contribution is 5.67. The lowest BCUT2D eigenvalue weighted by atomic mass is 10.0. The van der Waals surface area contributed by atoms with Crippen LogP contribution in [0.1, 0.15) is 23.6 Å². The summed E-state index contributed by atoms with van der Waals surface area (Å²) in [5, 5.41) is 11.9. The molecule has 0 aromatic heterocycles. The maximum atomic E-state index is 11.9. The van der Waals surface area contributed by atoms with Gasteiger partial charge >= 0.3 is 6.09 Å². The van der Waals surface area contributed by atoms with E-state index < -0.39 is 6.09 Å². The van der Waals surface area contributed by atoms with E-state index in [1.165, 1.54) is 0 Å². The number of hydrogen-bond donors (Lipinski definition) is 2. The second-order valence-corrected chi connectivity index (χ2v) is 4.68. The van der Waals surface area contributed by atoms with Crippen LogP contribution in [0.15, 0.2) is 60.7 Å². The molecular formula is C17H19NO3. The molecule has 2 aromatic rings. The van der Waals surface area contributed by atoms with Gasteiger partial charge in [0.25, 0.3) is 0 Å². The largest absolute Gasteiger partial charge is 0.445 e. The second kappa shape index (κ2) is 8.07. The lowest BCUT2D eigenvalue weighted by molar-refractivity contribution is 0.133. The Balaban J connectivity index is 1.89. The fourth-order valence-corrected chi connectivity index (χ4v) is 2.04. The van der Waals surface area contributed by atoms with E-state index in [2.05, 4.69) is 5.32 Å². The number of ether oxygens (including phenoxy) is 1. The first-order valence-corrected chi connectivity index (χ1v) is 6.92. The van der Waals surface area contributed by atoms with E-state index in [4.69, 9.17) is 9.84 Å². The molecule has 0 spiro atoms. The van der Waals surface area contributed by atoms with Crippen LogP contribution in [0, 0.1) is 0 Å². The number of aliphatic hydroxyl groups excluding tert-OH is 1. The van der Waals surface area contributed by atoms with E-state index in [0.717, 1.165) is 11.1 Å². The van der Waals surface area contributed by atoms with Gasteiger partial charge in [-0.25, -0.2) is 4.79 Å². The maximum absolute atomic E-state index is 11.9. The minimum atomic E-state index is -0.485. The topological polar surface area (TPSA) is 58.6 Å². The molecule has 0 aliphatic heterocycles. The molecule has 0 aliphatic rings. The highest BCUT2D eigenvalue weighted by Gasteiger charge is 2.14. The summed E-state index contributed by atoms with van der Waals surface area (Å²) in [6, 6.07) is 18.8. The second-order valence-electron chi connectivity index (χ2n) is 4.68. The molecule has 0 saturated carbocycles. The number of alkyl carbamates (subject to hydrolysis) is 1. The summed E-state index contributed by atoms with van der Waals surface area (Å²) in [4.78, 5) is 11.9. The number of rotatable bonds is 6. The van der Waals surface area contributed by atoms with Crippen molar-refractivity contribution < 1.29 is 14.6 Å². The number of nitrogens with one attached hydrogen (secondary N) is 1. The quantitative estimate of drug-likeness (QED) is 0.857. The molecule has 2 rings (SSSR count). The Kier molecular flexibility index (Phi) is 5.79. The normalized spacial score (nSPS) is 11.7. The van der Waals surface area contributed by atoms with E-state index >= 15 is 0 Å². The molecule has 0 unspecified atom stereocenters. The van der Waals surface area contributed by atoms with Crippen molar-refractivity contribution in [3.8, 4) is 0 Å². The van der Waals surface area contributed by atoms with E-state index in [-0.39, 0.29) is 19.3 Å². The summed E-state index contributed by atoms with van der Waals surface area (Å²) in [6.07, 6.45) is -0.0362. The third-order valence-corrected chi connectivity index (χ3v) is 3.12. The molecule has 1 amide bonds. The smallest absolute Gasteiger partial charge is 0.407 e. The number of aliphatic hydroxyl groups is 1. The van der Waals surface area contributed by atoms with Crippen molar-refractivity contribution in [1.82, 2.24) is 5.32 Å². The lowest BCUT2D eigenvalue weighted by Crippen LogP contribution is -2.29. The van der Waals surface area contributed by atoms with Crippen LogP contribution in [0.25, 0.3) is 0 Å². The van der Waals surface area contributed by atoms with Gasteiger partial charge in [0.05, 0.1) is 6.04 Å². The minimum Gasteiger partial charge on any atom is -0.445 e. The van der Waals surface area contributed by atoms with E-state index in [1.54, 1.807) is 0 Å². The van der Waals surface area contributed by atoms with Crippen LogP contribution in [0.5, 0.6) is 0 Å². The number of carbonyl (C=O) groups excluding carboxylic acids is 1.